The Kier molecular flexibility index (Phi) is 7.25. The van der Waals surface area contributed by atoms with Gasteiger partial charge in [0, 0.05) is 13.5 Å². The number of carboxylic acids is 1. The van der Waals surface area contributed by atoms with Crippen molar-refractivity contribution in [2.75, 3.05) is 13.7 Å². The minimum absolute atomic E-state index is 0.100. The zero-order valence-electron chi connectivity index (χ0n) is 12.7. The van der Waals surface area contributed by atoms with Gasteiger partial charge in [0.05, 0.1) is 5.92 Å². The number of Topliss-reactive ketones (excluding diaryl/α,β-unsaturated/α-hetero) is 1. The van der Waals surface area contributed by atoms with Crippen LogP contribution in [0.3, 0.4) is 0 Å². The Labute approximate surface area is 129 Å². The maximum absolute atomic E-state index is 12.0. The summed E-state index contributed by atoms with van der Waals surface area (Å²) in [6, 6.07) is 8.78. The van der Waals surface area contributed by atoms with E-state index in [9.17, 15) is 14.4 Å². The lowest BCUT2D eigenvalue weighted by atomic mass is 10.0. The smallest absolute Gasteiger partial charge is 0.339 e. The maximum Gasteiger partial charge on any atom is 0.339 e. The first-order valence-corrected chi connectivity index (χ1v) is 6.92. The molecule has 6 heteroatoms. The zero-order valence-corrected chi connectivity index (χ0v) is 12.7. The Balaban J connectivity index is 2.61. The molecular formula is C16H20O6. The molecule has 0 aliphatic carbocycles. The molecule has 2 unspecified atom stereocenters. The molecule has 6 nitrogen and oxygen atoms in total. The van der Waals surface area contributed by atoms with Crippen molar-refractivity contribution in [3.05, 3.63) is 35.9 Å². The van der Waals surface area contributed by atoms with E-state index in [1.165, 1.54) is 14.0 Å². The molecule has 0 aliphatic heterocycles. The highest BCUT2D eigenvalue weighted by Gasteiger charge is 2.25. The van der Waals surface area contributed by atoms with Gasteiger partial charge in [-0.15, -0.1) is 0 Å². The van der Waals surface area contributed by atoms with Gasteiger partial charge in [-0.05, 0) is 18.9 Å². The molecule has 1 N–H and O–H groups in total. The van der Waals surface area contributed by atoms with E-state index >= 15 is 0 Å². The first-order chi connectivity index (χ1) is 10.5. The van der Waals surface area contributed by atoms with Gasteiger partial charge in [0.1, 0.15) is 12.4 Å². The number of carboxylic acid groups (broad SMARTS) is 1. The van der Waals surface area contributed by atoms with E-state index in [0.717, 1.165) is 0 Å². The second-order valence-electron chi connectivity index (χ2n) is 4.93. The van der Waals surface area contributed by atoms with Crippen LogP contribution in [-0.2, 0) is 23.9 Å². The van der Waals surface area contributed by atoms with Crippen LogP contribution in [-0.4, -0.2) is 36.5 Å². The molecule has 0 saturated carbocycles. The van der Waals surface area contributed by atoms with Crippen molar-refractivity contribution in [2.45, 2.75) is 25.9 Å². The highest BCUT2D eigenvalue weighted by atomic mass is 16.6. The van der Waals surface area contributed by atoms with Crippen LogP contribution in [0.25, 0.3) is 0 Å². The van der Waals surface area contributed by atoms with Crippen LogP contribution < -0.4 is 0 Å². The van der Waals surface area contributed by atoms with Gasteiger partial charge in [-0.3, -0.25) is 4.79 Å². The number of ketones is 1. The number of hydrogen-bond donors (Lipinski definition) is 1. The van der Waals surface area contributed by atoms with E-state index in [0.29, 0.717) is 5.56 Å². The minimum atomic E-state index is -1.09. The van der Waals surface area contributed by atoms with Crippen molar-refractivity contribution < 1.29 is 29.0 Å². The third kappa shape index (κ3) is 5.65. The molecule has 0 saturated heterocycles. The number of esters is 1. The van der Waals surface area contributed by atoms with E-state index in [-0.39, 0.29) is 25.2 Å². The van der Waals surface area contributed by atoms with E-state index < -0.39 is 24.0 Å². The Bertz CT molecular complexity index is 511. The molecule has 0 heterocycles. The molecule has 0 aromatic heterocycles. The van der Waals surface area contributed by atoms with Gasteiger partial charge in [0.2, 0.25) is 0 Å². The highest BCUT2D eigenvalue weighted by Crippen LogP contribution is 2.19. The van der Waals surface area contributed by atoms with Crippen LogP contribution in [0.15, 0.2) is 30.3 Å². The van der Waals surface area contributed by atoms with E-state index in [1.807, 2.05) is 6.07 Å². The van der Waals surface area contributed by atoms with Gasteiger partial charge in [-0.1, -0.05) is 30.3 Å². The lowest BCUT2D eigenvalue weighted by molar-refractivity contribution is -0.160. The summed E-state index contributed by atoms with van der Waals surface area (Å²) >= 11 is 0. The molecule has 0 bridgehead atoms. The summed E-state index contributed by atoms with van der Waals surface area (Å²) in [5, 5.41) is 9.08. The van der Waals surface area contributed by atoms with Crippen LogP contribution in [0.5, 0.6) is 0 Å². The summed E-state index contributed by atoms with van der Waals surface area (Å²) < 4.78 is 10.2. The molecule has 0 amide bonds. The van der Waals surface area contributed by atoms with Gasteiger partial charge in [-0.2, -0.15) is 0 Å². The number of carbonyl (C=O) groups is 3. The molecule has 1 aromatic rings. The fourth-order valence-corrected chi connectivity index (χ4v) is 1.91. The van der Waals surface area contributed by atoms with Crippen LogP contribution in [0, 0.1) is 5.92 Å². The Morgan fingerprint density at radius 2 is 1.82 bits per heavy atom. The molecule has 2 atom stereocenters. The fraction of sp³-hybridized carbons (Fsp3) is 0.438. The molecule has 1 rings (SSSR count). The number of methoxy groups -OCH3 is 1. The topological polar surface area (TPSA) is 89.9 Å². The summed E-state index contributed by atoms with van der Waals surface area (Å²) in [5.74, 6) is -2.75. The molecule has 1 aromatic carbocycles. The van der Waals surface area contributed by atoms with E-state index in [1.54, 1.807) is 24.3 Å². The van der Waals surface area contributed by atoms with Crippen LogP contribution in [0.4, 0.5) is 0 Å². The van der Waals surface area contributed by atoms with Gasteiger partial charge in [0.25, 0.3) is 0 Å². The molecule has 0 aliphatic rings. The predicted octanol–water partition coefficient (Wildman–Crippen LogP) is 1.99. The van der Waals surface area contributed by atoms with E-state index in [4.69, 9.17) is 14.6 Å². The Hall–Kier alpha value is -2.21. The monoisotopic (exact) mass is 308 g/mol. The molecule has 0 spiro atoms. The van der Waals surface area contributed by atoms with Crippen LogP contribution >= 0.6 is 0 Å². The Morgan fingerprint density at radius 1 is 1.18 bits per heavy atom. The minimum Gasteiger partial charge on any atom is -0.481 e. The Morgan fingerprint density at radius 3 is 2.32 bits per heavy atom. The fourth-order valence-electron chi connectivity index (χ4n) is 1.91. The standard InChI is InChI=1S/C16H20O6/c1-11(17)8-9-13(15(18)19)10-22-16(20)14(21-2)12-6-4-3-5-7-12/h3-7,13-14H,8-10H2,1-2H3,(H,18,19). The highest BCUT2D eigenvalue weighted by molar-refractivity contribution is 5.78. The van der Waals surface area contributed by atoms with Crippen molar-refractivity contribution in [3.8, 4) is 0 Å². The summed E-state index contributed by atoms with van der Waals surface area (Å²) in [6.45, 7) is 1.11. The van der Waals surface area contributed by atoms with Crippen LogP contribution in [0.2, 0.25) is 0 Å². The SMILES string of the molecule is COC(C(=O)OCC(CCC(C)=O)C(=O)O)c1ccccc1. The average molecular weight is 308 g/mol. The molecule has 120 valence electrons. The second kappa shape index (κ2) is 8.94. The van der Waals surface area contributed by atoms with Crippen molar-refractivity contribution in [3.63, 3.8) is 0 Å². The summed E-state index contributed by atoms with van der Waals surface area (Å²) in [4.78, 5) is 34.1. The molecule has 0 radical (unpaired) electrons. The lowest BCUT2D eigenvalue weighted by Crippen LogP contribution is -2.25. The first kappa shape index (κ1) is 17.8. The van der Waals surface area contributed by atoms with Crippen molar-refractivity contribution in [1.82, 2.24) is 0 Å². The van der Waals surface area contributed by atoms with Crippen LogP contribution in [0.1, 0.15) is 31.4 Å². The predicted molar refractivity (Wildman–Crippen MR) is 78.2 cm³/mol. The number of ether oxygens (including phenoxy) is 2. The first-order valence-electron chi connectivity index (χ1n) is 6.92. The quantitative estimate of drug-likeness (QED) is 0.702. The number of hydrogen-bond acceptors (Lipinski definition) is 5. The van der Waals surface area contributed by atoms with Crippen molar-refractivity contribution >= 4 is 17.7 Å². The molecular weight excluding hydrogens is 288 g/mol. The molecule has 0 fully saturated rings. The van der Waals surface area contributed by atoms with Crippen molar-refractivity contribution in [2.24, 2.45) is 5.92 Å². The van der Waals surface area contributed by atoms with Gasteiger partial charge in [0.15, 0.2) is 6.10 Å². The largest absolute Gasteiger partial charge is 0.481 e. The second-order valence-corrected chi connectivity index (χ2v) is 4.93. The maximum atomic E-state index is 12.0. The number of rotatable bonds is 9. The third-order valence-corrected chi connectivity index (χ3v) is 3.17. The van der Waals surface area contributed by atoms with Gasteiger partial charge < -0.3 is 19.4 Å². The summed E-state index contributed by atoms with van der Waals surface area (Å²) in [5.41, 5.74) is 0.630. The lowest BCUT2D eigenvalue weighted by Gasteiger charge is -2.17. The van der Waals surface area contributed by atoms with Gasteiger partial charge in [-0.25, -0.2) is 4.79 Å². The summed E-state index contributed by atoms with van der Waals surface area (Å²) in [7, 11) is 1.38. The van der Waals surface area contributed by atoms with E-state index in [2.05, 4.69) is 0 Å². The average Bonchev–Trinajstić information content (AvgIpc) is 2.48. The number of carbonyl (C=O) groups excluding carboxylic acids is 2. The number of benzene rings is 1. The summed E-state index contributed by atoms with van der Waals surface area (Å²) in [6.07, 6.45) is -0.620. The number of aliphatic carboxylic acids is 1. The molecule has 22 heavy (non-hydrogen) atoms. The third-order valence-electron chi connectivity index (χ3n) is 3.17. The zero-order chi connectivity index (χ0) is 16.5. The normalized spacial score (nSPS) is 13.2. The van der Waals surface area contributed by atoms with Gasteiger partial charge >= 0.3 is 11.9 Å². The van der Waals surface area contributed by atoms with Crippen molar-refractivity contribution in [1.29, 1.82) is 0 Å².